The smallest absolute Gasteiger partial charge is 0.261 e. The number of fused-ring (bicyclic) bond motifs is 1. The maximum atomic E-state index is 12.4. The fraction of sp³-hybridized carbons (Fsp3) is 0.474. The maximum absolute atomic E-state index is 12.4. The summed E-state index contributed by atoms with van der Waals surface area (Å²) in [4.78, 5) is 50.4. The highest BCUT2D eigenvalue weighted by Crippen LogP contribution is 2.23. The van der Waals surface area contributed by atoms with E-state index in [1.807, 2.05) is 0 Å². The van der Waals surface area contributed by atoms with E-state index in [1.165, 1.54) is 4.90 Å². The van der Waals surface area contributed by atoms with Gasteiger partial charge in [0.1, 0.15) is 0 Å². The molecule has 9 heteroatoms. The first kappa shape index (κ1) is 20.6. The van der Waals surface area contributed by atoms with E-state index in [1.54, 1.807) is 29.2 Å². The molecule has 150 valence electrons. The van der Waals surface area contributed by atoms with Crippen molar-refractivity contribution in [2.24, 2.45) is 0 Å². The number of nitrogens with one attached hydrogen (secondary N) is 1. The van der Waals surface area contributed by atoms with Gasteiger partial charge in [-0.15, -0.1) is 0 Å². The number of likely N-dealkylation sites (tertiary alicyclic amines) is 1. The first-order valence-electron chi connectivity index (χ1n) is 9.20. The lowest BCUT2D eigenvalue weighted by molar-refractivity contribution is -0.132. The summed E-state index contributed by atoms with van der Waals surface area (Å²) in [6, 6.07) is 6.68. The van der Waals surface area contributed by atoms with Crippen molar-refractivity contribution in [1.82, 2.24) is 15.1 Å². The minimum absolute atomic E-state index is 0.0195. The van der Waals surface area contributed by atoms with Gasteiger partial charge in [0.15, 0.2) is 4.84 Å². The summed E-state index contributed by atoms with van der Waals surface area (Å²) in [5, 5.41) is 2.75. The van der Waals surface area contributed by atoms with Gasteiger partial charge in [-0.1, -0.05) is 35.3 Å². The summed E-state index contributed by atoms with van der Waals surface area (Å²) in [7, 11) is 0. The van der Waals surface area contributed by atoms with Crippen molar-refractivity contribution < 1.29 is 19.2 Å². The number of hydrogen-bond acceptors (Lipinski definition) is 4. The molecule has 1 aromatic rings. The Morgan fingerprint density at radius 3 is 2.18 bits per heavy atom. The van der Waals surface area contributed by atoms with Crippen LogP contribution in [-0.4, -0.2) is 63.9 Å². The average molecular weight is 426 g/mol. The highest BCUT2D eigenvalue weighted by Gasteiger charge is 2.34. The van der Waals surface area contributed by atoms with E-state index < -0.39 is 10.7 Å². The number of amides is 4. The molecule has 2 aliphatic rings. The van der Waals surface area contributed by atoms with Gasteiger partial charge in [-0.3, -0.25) is 24.1 Å². The second kappa shape index (κ2) is 8.92. The molecule has 1 N–H and O–H groups in total. The monoisotopic (exact) mass is 425 g/mol. The van der Waals surface area contributed by atoms with Gasteiger partial charge in [0, 0.05) is 32.1 Å². The Hall–Kier alpha value is -2.12. The molecule has 0 aromatic heterocycles. The van der Waals surface area contributed by atoms with Gasteiger partial charge in [-0.05, 0) is 31.4 Å². The predicted octanol–water partition coefficient (Wildman–Crippen LogP) is 1.97. The van der Waals surface area contributed by atoms with Crippen LogP contribution in [0.25, 0.3) is 0 Å². The Morgan fingerprint density at radius 2 is 1.64 bits per heavy atom. The lowest BCUT2D eigenvalue weighted by atomic mass is 10.0. The Labute approximate surface area is 172 Å². The molecule has 0 unspecified atom stereocenters. The molecule has 0 bridgehead atoms. The Morgan fingerprint density at radius 1 is 1.07 bits per heavy atom. The van der Waals surface area contributed by atoms with Crippen LogP contribution in [0, 0.1) is 0 Å². The molecule has 1 aromatic carbocycles. The van der Waals surface area contributed by atoms with E-state index in [0.29, 0.717) is 43.5 Å². The third-order valence-electron chi connectivity index (χ3n) is 5.04. The largest absolute Gasteiger partial charge is 0.351 e. The number of hydrogen-bond donors (Lipinski definition) is 1. The Bertz CT molecular complexity index is 756. The molecule has 7 nitrogen and oxygen atoms in total. The summed E-state index contributed by atoms with van der Waals surface area (Å²) >= 11 is 11.0. The maximum Gasteiger partial charge on any atom is 0.261 e. The summed E-state index contributed by atoms with van der Waals surface area (Å²) in [6.07, 6.45) is 1.95. The molecule has 1 saturated heterocycles. The van der Waals surface area contributed by atoms with E-state index in [2.05, 4.69) is 5.32 Å². The number of rotatable bonds is 6. The molecule has 4 amide bonds. The zero-order valence-corrected chi connectivity index (χ0v) is 16.7. The molecule has 0 spiro atoms. The van der Waals surface area contributed by atoms with Crippen LogP contribution in [0.1, 0.15) is 46.4 Å². The van der Waals surface area contributed by atoms with Gasteiger partial charge in [-0.25, -0.2) is 0 Å². The van der Waals surface area contributed by atoms with Crippen LogP contribution in [0.15, 0.2) is 24.3 Å². The molecular weight excluding hydrogens is 405 g/mol. The van der Waals surface area contributed by atoms with Crippen LogP contribution in [0.2, 0.25) is 0 Å². The fourth-order valence-corrected chi connectivity index (χ4v) is 3.65. The summed E-state index contributed by atoms with van der Waals surface area (Å²) in [5.41, 5.74) is 0.832. The zero-order chi connectivity index (χ0) is 20.3. The minimum atomic E-state index is -1.10. The number of benzene rings is 1. The predicted molar refractivity (Wildman–Crippen MR) is 104 cm³/mol. The highest BCUT2D eigenvalue weighted by molar-refractivity contribution is 6.53. The highest BCUT2D eigenvalue weighted by atomic mass is 35.5. The molecule has 28 heavy (non-hydrogen) atoms. The van der Waals surface area contributed by atoms with Crippen LogP contribution < -0.4 is 5.32 Å². The molecule has 3 rings (SSSR count). The van der Waals surface area contributed by atoms with E-state index in [9.17, 15) is 19.2 Å². The lowest BCUT2D eigenvalue weighted by Crippen LogP contribution is -2.47. The van der Waals surface area contributed by atoms with Crippen LogP contribution in [0.3, 0.4) is 0 Å². The second-order valence-corrected chi connectivity index (χ2v) is 7.97. The number of piperidine rings is 1. The van der Waals surface area contributed by atoms with Gasteiger partial charge in [0.2, 0.25) is 5.91 Å². The van der Waals surface area contributed by atoms with E-state index in [-0.39, 0.29) is 36.7 Å². The number of nitrogens with zero attached hydrogens (tertiary/aromatic N) is 2. The van der Waals surface area contributed by atoms with Crippen molar-refractivity contribution in [1.29, 1.82) is 0 Å². The average Bonchev–Trinajstić information content (AvgIpc) is 2.93. The molecule has 1 fully saturated rings. The normalized spacial score (nSPS) is 17.2. The third-order valence-corrected chi connectivity index (χ3v) is 5.44. The van der Waals surface area contributed by atoms with Crippen LogP contribution in [0.5, 0.6) is 0 Å². The van der Waals surface area contributed by atoms with Crippen molar-refractivity contribution >= 4 is 46.8 Å². The topological polar surface area (TPSA) is 86.8 Å². The SMILES string of the molecule is O=C(NC1CCN(C(=O)CCCN2C(=O)c3ccccc3C2=O)CC1)C(Cl)Cl. The molecule has 0 atom stereocenters. The van der Waals surface area contributed by atoms with Crippen molar-refractivity contribution in [3.05, 3.63) is 35.4 Å². The van der Waals surface area contributed by atoms with Gasteiger partial charge >= 0.3 is 0 Å². The standard InChI is InChI=1S/C19H21Cl2N3O4/c20-16(21)17(26)22-12-7-10-23(11-8-12)15(25)6-3-9-24-18(27)13-4-1-2-5-14(13)19(24)28/h1-2,4-5,12,16H,3,6-11H2,(H,22,26). The molecule has 0 aliphatic carbocycles. The van der Waals surface area contributed by atoms with Gasteiger partial charge in [0.25, 0.3) is 17.7 Å². The first-order chi connectivity index (χ1) is 13.4. The summed E-state index contributed by atoms with van der Waals surface area (Å²) < 4.78 is 0. The number of carbonyl (C=O) groups is 4. The zero-order valence-electron chi connectivity index (χ0n) is 15.2. The van der Waals surface area contributed by atoms with Gasteiger partial charge in [0.05, 0.1) is 11.1 Å². The molecular formula is C19H21Cl2N3O4. The van der Waals surface area contributed by atoms with Crippen molar-refractivity contribution in [2.45, 2.75) is 36.6 Å². The quantitative estimate of drug-likeness (QED) is 0.557. The summed E-state index contributed by atoms with van der Waals surface area (Å²) in [5.74, 6) is -1.05. The van der Waals surface area contributed by atoms with E-state index in [0.717, 1.165) is 0 Å². The number of imide groups is 1. The minimum Gasteiger partial charge on any atom is -0.351 e. The van der Waals surface area contributed by atoms with Crippen molar-refractivity contribution in [2.75, 3.05) is 19.6 Å². The van der Waals surface area contributed by atoms with Gasteiger partial charge in [-0.2, -0.15) is 0 Å². The number of halogens is 2. The Balaban J connectivity index is 1.42. The van der Waals surface area contributed by atoms with Crippen LogP contribution >= 0.6 is 23.2 Å². The van der Waals surface area contributed by atoms with E-state index >= 15 is 0 Å². The van der Waals surface area contributed by atoms with Crippen molar-refractivity contribution in [3.63, 3.8) is 0 Å². The van der Waals surface area contributed by atoms with Crippen LogP contribution in [0.4, 0.5) is 0 Å². The third kappa shape index (κ3) is 4.47. The lowest BCUT2D eigenvalue weighted by Gasteiger charge is -2.32. The number of alkyl halides is 2. The molecule has 2 aliphatic heterocycles. The van der Waals surface area contributed by atoms with Gasteiger partial charge < -0.3 is 10.2 Å². The second-order valence-electron chi connectivity index (χ2n) is 6.88. The van der Waals surface area contributed by atoms with Crippen molar-refractivity contribution in [3.8, 4) is 0 Å². The molecule has 0 saturated carbocycles. The Kier molecular flexibility index (Phi) is 6.57. The first-order valence-corrected chi connectivity index (χ1v) is 10.1. The van der Waals surface area contributed by atoms with Crippen LogP contribution in [-0.2, 0) is 9.59 Å². The number of carbonyl (C=O) groups excluding carboxylic acids is 4. The molecule has 0 radical (unpaired) electrons. The van der Waals surface area contributed by atoms with E-state index in [4.69, 9.17) is 23.2 Å². The summed E-state index contributed by atoms with van der Waals surface area (Å²) in [6.45, 7) is 1.29. The fourth-order valence-electron chi connectivity index (χ4n) is 3.53. The molecule has 2 heterocycles.